The standard InChI is InChI=1S/C13H13BrClN3O/c14-11-5-9(3-4-12(11)15)17-10(7-16)6-13(19)18-8-1-2-8/h3-5,8,10,17H,1-2,6H2,(H,18,19). The Morgan fingerprint density at radius 2 is 2.32 bits per heavy atom. The lowest BCUT2D eigenvalue weighted by Crippen LogP contribution is -2.31. The van der Waals surface area contributed by atoms with Gasteiger partial charge in [0.2, 0.25) is 5.91 Å². The van der Waals surface area contributed by atoms with Crippen LogP contribution in [0.2, 0.25) is 5.02 Å². The number of anilines is 1. The number of carbonyl (C=O) groups is 1. The summed E-state index contributed by atoms with van der Waals surface area (Å²) in [6.45, 7) is 0. The zero-order valence-electron chi connectivity index (χ0n) is 10.1. The minimum atomic E-state index is -0.549. The van der Waals surface area contributed by atoms with Gasteiger partial charge < -0.3 is 10.6 Å². The van der Waals surface area contributed by atoms with Crippen molar-refractivity contribution >= 4 is 39.1 Å². The lowest BCUT2D eigenvalue weighted by molar-refractivity contribution is -0.121. The average molecular weight is 343 g/mol. The molecule has 100 valence electrons. The summed E-state index contributed by atoms with van der Waals surface area (Å²) in [5.41, 5.74) is 0.752. The smallest absolute Gasteiger partial charge is 0.223 e. The number of halogens is 2. The van der Waals surface area contributed by atoms with E-state index in [-0.39, 0.29) is 12.3 Å². The average Bonchev–Trinajstić information content (AvgIpc) is 3.16. The van der Waals surface area contributed by atoms with E-state index < -0.39 is 6.04 Å². The first-order valence-electron chi connectivity index (χ1n) is 5.99. The van der Waals surface area contributed by atoms with Gasteiger partial charge in [-0.2, -0.15) is 5.26 Å². The summed E-state index contributed by atoms with van der Waals surface area (Å²) >= 11 is 9.21. The SMILES string of the molecule is N#CC(CC(=O)NC1CC1)Nc1ccc(Cl)c(Br)c1. The van der Waals surface area contributed by atoms with Crippen molar-refractivity contribution in [1.82, 2.24) is 5.32 Å². The number of nitrogens with zero attached hydrogens (tertiary/aromatic N) is 1. The van der Waals surface area contributed by atoms with Gasteiger partial charge in [0.15, 0.2) is 0 Å². The molecule has 1 atom stereocenters. The zero-order valence-corrected chi connectivity index (χ0v) is 12.5. The predicted molar refractivity (Wildman–Crippen MR) is 78.0 cm³/mol. The summed E-state index contributed by atoms with van der Waals surface area (Å²) in [4.78, 5) is 11.6. The fourth-order valence-electron chi connectivity index (χ4n) is 1.62. The summed E-state index contributed by atoms with van der Waals surface area (Å²) in [6, 6.07) is 7.14. The van der Waals surface area contributed by atoms with Crippen LogP contribution in [0, 0.1) is 11.3 Å². The molecule has 1 saturated carbocycles. The summed E-state index contributed by atoms with van der Waals surface area (Å²) in [6.07, 6.45) is 2.23. The molecule has 1 unspecified atom stereocenters. The number of benzene rings is 1. The number of nitriles is 1. The quantitative estimate of drug-likeness (QED) is 0.864. The number of rotatable bonds is 5. The van der Waals surface area contributed by atoms with Crippen molar-refractivity contribution in [1.29, 1.82) is 5.26 Å². The number of hydrogen-bond donors (Lipinski definition) is 2. The van der Waals surface area contributed by atoms with E-state index in [1.165, 1.54) is 0 Å². The van der Waals surface area contributed by atoms with E-state index in [9.17, 15) is 4.79 Å². The summed E-state index contributed by atoms with van der Waals surface area (Å²) in [5, 5.41) is 15.6. The minimum Gasteiger partial charge on any atom is -0.369 e. The molecule has 1 fully saturated rings. The monoisotopic (exact) mass is 341 g/mol. The highest BCUT2D eigenvalue weighted by atomic mass is 79.9. The van der Waals surface area contributed by atoms with Crippen LogP contribution in [0.3, 0.4) is 0 Å². The largest absolute Gasteiger partial charge is 0.369 e. The van der Waals surface area contributed by atoms with Gasteiger partial charge in [0, 0.05) is 16.2 Å². The van der Waals surface area contributed by atoms with Crippen molar-refractivity contribution < 1.29 is 4.79 Å². The summed E-state index contributed by atoms with van der Waals surface area (Å²) < 4.78 is 0.748. The maximum Gasteiger partial charge on any atom is 0.223 e. The molecule has 0 bridgehead atoms. The van der Waals surface area contributed by atoms with Crippen LogP contribution in [-0.2, 0) is 4.79 Å². The van der Waals surface area contributed by atoms with Crippen LogP contribution < -0.4 is 10.6 Å². The molecule has 19 heavy (non-hydrogen) atoms. The van der Waals surface area contributed by atoms with Crippen LogP contribution >= 0.6 is 27.5 Å². The molecular formula is C13H13BrClN3O. The molecule has 6 heteroatoms. The third-order valence-corrected chi connectivity index (χ3v) is 3.96. The molecule has 2 N–H and O–H groups in total. The van der Waals surface area contributed by atoms with Gasteiger partial charge in [-0.05, 0) is 47.0 Å². The Morgan fingerprint density at radius 3 is 2.89 bits per heavy atom. The molecule has 0 heterocycles. The van der Waals surface area contributed by atoms with E-state index in [1.807, 2.05) is 0 Å². The number of hydrogen-bond acceptors (Lipinski definition) is 3. The van der Waals surface area contributed by atoms with Crippen LogP contribution in [0.25, 0.3) is 0 Å². The number of amides is 1. The van der Waals surface area contributed by atoms with Crippen LogP contribution in [-0.4, -0.2) is 18.0 Å². The highest BCUT2D eigenvalue weighted by Gasteiger charge is 2.24. The zero-order chi connectivity index (χ0) is 13.8. The summed E-state index contributed by atoms with van der Waals surface area (Å²) in [7, 11) is 0. The van der Waals surface area contributed by atoms with Crippen molar-refractivity contribution in [2.24, 2.45) is 0 Å². The normalized spacial score (nSPS) is 15.4. The minimum absolute atomic E-state index is 0.0884. The molecule has 2 rings (SSSR count). The molecule has 0 radical (unpaired) electrons. The fourth-order valence-corrected chi connectivity index (χ4v) is 2.11. The van der Waals surface area contributed by atoms with E-state index >= 15 is 0 Å². The highest BCUT2D eigenvalue weighted by molar-refractivity contribution is 9.10. The lowest BCUT2D eigenvalue weighted by atomic mass is 10.2. The first kappa shape index (κ1) is 14.2. The second-order valence-corrected chi connectivity index (χ2v) is 5.76. The van der Waals surface area contributed by atoms with Crippen molar-refractivity contribution in [3.8, 4) is 6.07 Å². The fraction of sp³-hybridized carbons (Fsp3) is 0.385. The van der Waals surface area contributed by atoms with Gasteiger partial charge in [0.05, 0.1) is 17.5 Å². The van der Waals surface area contributed by atoms with Gasteiger partial charge in [0.1, 0.15) is 6.04 Å². The third-order valence-electron chi connectivity index (χ3n) is 2.75. The molecule has 1 aliphatic carbocycles. The Bertz CT molecular complexity index is 525. The second kappa shape index (κ2) is 6.27. The second-order valence-electron chi connectivity index (χ2n) is 4.50. The predicted octanol–water partition coefficient (Wildman–Crippen LogP) is 3.08. The number of nitrogens with one attached hydrogen (secondary N) is 2. The van der Waals surface area contributed by atoms with Crippen molar-refractivity contribution in [3.05, 3.63) is 27.7 Å². The van der Waals surface area contributed by atoms with Gasteiger partial charge in [0.25, 0.3) is 0 Å². The van der Waals surface area contributed by atoms with Gasteiger partial charge in [-0.3, -0.25) is 4.79 Å². The molecule has 1 aliphatic rings. The first-order valence-corrected chi connectivity index (χ1v) is 7.16. The molecule has 0 spiro atoms. The van der Waals surface area contributed by atoms with E-state index in [2.05, 4.69) is 32.6 Å². The van der Waals surface area contributed by atoms with Crippen molar-refractivity contribution in [2.75, 3.05) is 5.32 Å². The molecule has 0 aliphatic heterocycles. The molecule has 4 nitrogen and oxygen atoms in total. The molecule has 0 saturated heterocycles. The van der Waals surface area contributed by atoms with Crippen LogP contribution in [0.4, 0.5) is 5.69 Å². The lowest BCUT2D eigenvalue weighted by Gasteiger charge is -2.13. The Hall–Kier alpha value is -1.25. The van der Waals surface area contributed by atoms with Gasteiger partial charge in [-0.1, -0.05) is 11.6 Å². The topological polar surface area (TPSA) is 64.9 Å². The maximum atomic E-state index is 11.6. The Balaban J connectivity index is 1.92. The number of carbonyl (C=O) groups excluding carboxylic acids is 1. The molecule has 1 aromatic rings. The Morgan fingerprint density at radius 1 is 1.58 bits per heavy atom. The van der Waals surface area contributed by atoms with Crippen LogP contribution in [0.1, 0.15) is 19.3 Å². The van der Waals surface area contributed by atoms with Crippen molar-refractivity contribution in [3.63, 3.8) is 0 Å². The molecule has 0 aromatic heterocycles. The highest BCUT2D eigenvalue weighted by Crippen LogP contribution is 2.26. The van der Waals surface area contributed by atoms with Crippen LogP contribution in [0.15, 0.2) is 22.7 Å². The first-order chi connectivity index (χ1) is 9.08. The third kappa shape index (κ3) is 4.41. The molecule has 1 aromatic carbocycles. The van der Waals surface area contributed by atoms with E-state index in [4.69, 9.17) is 16.9 Å². The Labute approximate surface area is 125 Å². The van der Waals surface area contributed by atoms with E-state index in [0.717, 1.165) is 23.0 Å². The van der Waals surface area contributed by atoms with Gasteiger partial charge in [-0.25, -0.2) is 0 Å². The van der Waals surface area contributed by atoms with Crippen molar-refractivity contribution in [2.45, 2.75) is 31.3 Å². The summed E-state index contributed by atoms with van der Waals surface area (Å²) in [5.74, 6) is -0.0884. The molecular weight excluding hydrogens is 330 g/mol. The van der Waals surface area contributed by atoms with Gasteiger partial charge >= 0.3 is 0 Å². The van der Waals surface area contributed by atoms with Crippen LogP contribution in [0.5, 0.6) is 0 Å². The van der Waals surface area contributed by atoms with E-state index in [0.29, 0.717) is 11.1 Å². The maximum absolute atomic E-state index is 11.6. The Kier molecular flexibility index (Phi) is 4.67. The van der Waals surface area contributed by atoms with E-state index in [1.54, 1.807) is 18.2 Å². The van der Waals surface area contributed by atoms with Gasteiger partial charge in [-0.15, -0.1) is 0 Å². The molecule has 1 amide bonds.